The van der Waals surface area contributed by atoms with E-state index in [1.165, 1.54) is 12.1 Å². The molecule has 0 saturated heterocycles. The van der Waals surface area contributed by atoms with Crippen molar-refractivity contribution >= 4 is 17.4 Å². The van der Waals surface area contributed by atoms with Crippen LogP contribution in [0.25, 0.3) is 0 Å². The molecule has 0 radical (unpaired) electrons. The molecule has 0 saturated carbocycles. The molecule has 0 fully saturated rings. The Morgan fingerprint density at radius 3 is 2.55 bits per heavy atom. The summed E-state index contributed by atoms with van der Waals surface area (Å²) in [6, 6.07) is 12.1. The second kappa shape index (κ2) is 4.77. The van der Waals surface area contributed by atoms with E-state index in [0.717, 1.165) is 5.56 Å². The predicted octanol–water partition coefficient (Wildman–Crippen LogP) is 2.54. The molecule has 0 unspecified atom stereocenters. The van der Waals surface area contributed by atoms with E-state index in [-0.39, 0.29) is 23.6 Å². The Morgan fingerprint density at radius 2 is 1.80 bits per heavy atom. The number of Topliss-reactive ketones (excluding diaryl/α,β-unsaturated/α-hetero) is 1. The number of fused-ring (bicyclic) bond motifs is 1. The van der Waals surface area contributed by atoms with Crippen molar-refractivity contribution in [3.8, 4) is 5.75 Å². The van der Waals surface area contributed by atoms with Gasteiger partial charge in [0.05, 0.1) is 11.3 Å². The van der Waals surface area contributed by atoms with E-state index in [1.807, 2.05) is 30.3 Å². The van der Waals surface area contributed by atoms with Crippen molar-refractivity contribution < 1.29 is 18.7 Å². The third-order valence-corrected chi connectivity index (χ3v) is 3.03. The number of rotatable bonds is 3. The van der Waals surface area contributed by atoms with Crippen LogP contribution < -0.4 is 10.1 Å². The van der Waals surface area contributed by atoms with E-state index < -0.39 is 17.5 Å². The van der Waals surface area contributed by atoms with Crippen molar-refractivity contribution in [3.63, 3.8) is 0 Å². The first-order valence-corrected chi connectivity index (χ1v) is 6.01. The van der Waals surface area contributed by atoms with Crippen LogP contribution in [0, 0.1) is 5.82 Å². The number of hydrogen-bond donors (Lipinski definition) is 1. The molecule has 3 rings (SSSR count). The maximum absolute atomic E-state index is 14.2. The summed E-state index contributed by atoms with van der Waals surface area (Å²) in [5.41, 5.74) is 0.818. The molecular formula is C15H10FNO3. The fourth-order valence-electron chi connectivity index (χ4n) is 2.02. The van der Waals surface area contributed by atoms with E-state index in [0.29, 0.717) is 0 Å². The molecule has 20 heavy (non-hydrogen) atoms. The lowest BCUT2D eigenvalue weighted by Gasteiger charge is -2.09. The number of nitrogens with one attached hydrogen (secondary N) is 1. The summed E-state index contributed by atoms with van der Waals surface area (Å²) in [5.74, 6) is -2.54. The molecular weight excluding hydrogens is 261 g/mol. The molecule has 1 amide bonds. The molecule has 1 aliphatic rings. The predicted molar refractivity (Wildman–Crippen MR) is 70.1 cm³/mol. The van der Waals surface area contributed by atoms with Gasteiger partial charge in [-0.15, -0.1) is 0 Å². The van der Waals surface area contributed by atoms with Crippen LogP contribution in [0.1, 0.15) is 15.9 Å². The molecule has 1 N–H and O–H groups in total. The van der Waals surface area contributed by atoms with E-state index in [2.05, 4.69) is 5.32 Å². The normalized spacial score (nSPS) is 13.1. The van der Waals surface area contributed by atoms with Gasteiger partial charge in [0.1, 0.15) is 6.61 Å². The SMILES string of the molecule is O=C1Nc2ccc(OCc3ccccc3)c(F)c2C1=O. The maximum Gasteiger partial charge on any atom is 0.296 e. The van der Waals surface area contributed by atoms with Crippen LogP contribution in [-0.2, 0) is 11.4 Å². The molecule has 2 aromatic rings. The highest BCUT2D eigenvalue weighted by Gasteiger charge is 2.32. The van der Waals surface area contributed by atoms with Gasteiger partial charge in [-0.2, -0.15) is 0 Å². The van der Waals surface area contributed by atoms with Crippen LogP contribution in [0.2, 0.25) is 0 Å². The van der Waals surface area contributed by atoms with Crippen molar-refractivity contribution in [2.45, 2.75) is 6.61 Å². The summed E-state index contributed by atoms with van der Waals surface area (Å²) in [6.45, 7) is 0.187. The first kappa shape index (κ1) is 12.3. The third kappa shape index (κ3) is 2.03. The van der Waals surface area contributed by atoms with Gasteiger partial charge in [0.2, 0.25) is 0 Å². The van der Waals surface area contributed by atoms with Crippen molar-refractivity contribution in [1.82, 2.24) is 0 Å². The summed E-state index contributed by atoms with van der Waals surface area (Å²) in [7, 11) is 0. The summed E-state index contributed by atoms with van der Waals surface area (Å²) < 4.78 is 19.5. The highest BCUT2D eigenvalue weighted by molar-refractivity contribution is 6.51. The minimum absolute atomic E-state index is 0.0440. The molecule has 0 bridgehead atoms. The van der Waals surface area contributed by atoms with Gasteiger partial charge in [0.25, 0.3) is 11.7 Å². The van der Waals surface area contributed by atoms with Crippen LogP contribution in [0.5, 0.6) is 5.75 Å². The highest BCUT2D eigenvalue weighted by atomic mass is 19.1. The Kier molecular flexibility index (Phi) is 2.95. The van der Waals surface area contributed by atoms with E-state index in [4.69, 9.17) is 4.74 Å². The molecule has 2 aromatic carbocycles. The van der Waals surface area contributed by atoms with Crippen LogP contribution in [0.3, 0.4) is 0 Å². The Balaban J connectivity index is 1.86. The first-order valence-electron chi connectivity index (χ1n) is 6.01. The minimum Gasteiger partial charge on any atom is -0.486 e. The number of ketones is 1. The van der Waals surface area contributed by atoms with Gasteiger partial charge in [-0.3, -0.25) is 9.59 Å². The molecule has 5 heteroatoms. The zero-order valence-electron chi connectivity index (χ0n) is 10.4. The maximum atomic E-state index is 14.2. The van der Waals surface area contributed by atoms with Gasteiger partial charge in [-0.05, 0) is 17.7 Å². The molecule has 0 atom stereocenters. The van der Waals surface area contributed by atoms with E-state index >= 15 is 0 Å². The zero-order valence-corrected chi connectivity index (χ0v) is 10.4. The number of hydrogen-bond acceptors (Lipinski definition) is 3. The quantitative estimate of drug-likeness (QED) is 0.873. The summed E-state index contributed by atoms with van der Waals surface area (Å²) in [6.07, 6.45) is 0. The van der Waals surface area contributed by atoms with E-state index in [1.54, 1.807) is 0 Å². The number of benzene rings is 2. The largest absolute Gasteiger partial charge is 0.486 e. The van der Waals surface area contributed by atoms with Gasteiger partial charge in [-0.1, -0.05) is 30.3 Å². The lowest BCUT2D eigenvalue weighted by Crippen LogP contribution is -2.13. The number of carbonyl (C=O) groups excluding carboxylic acids is 2. The number of amides is 1. The highest BCUT2D eigenvalue weighted by Crippen LogP contribution is 2.31. The fraction of sp³-hybridized carbons (Fsp3) is 0.0667. The van der Waals surface area contributed by atoms with Crippen LogP contribution in [0.15, 0.2) is 42.5 Å². The average Bonchev–Trinajstić information content (AvgIpc) is 2.75. The van der Waals surface area contributed by atoms with Crippen molar-refractivity contribution in [3.05, 3.63) is 59.4 Å². The zero-order chi connectivity index (χ0) is 14.1. The van der Waals surface area contributed by atoms with Gasteiger partial charge < -0.3 is 10.1 Å². The molecule has 0 aliphatic carbocycles. The molecule has 0 aromatic heterocycles. The number of carbonyl (C=O) groups is 2. The Bertz CT molecular complexity index is 698. The lowest BCUT2D eigenvalue weighted by atomic mass is 10.1. The monoisotopic (exact) mass is 271 g/mol. The van der Waals surface area contributed by atoms with Crippen molar-refractivity contribution in [2.75, 3.05) is 5.32 Å². The Morgan fingerprint density at radius 1 is 1.05 bits per heavy atom. The van der Waals surface area contributed by atoms with Crippen molar-refractivity contribution in [1.29, 1.82) is 0 Å². The number of anilines is 1. The average molecular weight is 271 g/mol. The number of ether oxygens (including phenoxy) is 1. The molecule has 0 spiro atoms. The summed E-state index contributed by atoms with van der Waals surface area (Å²) in [4.78, 5) is 22.7. The van der Waals surface area contributed by atoms with Gasteiger partial charge in [-0.25, -0.2) is 4.39 Å². The van der Waals surface area contributed by atoms with Crippen LogP contribution in [-0.4, -0.2) is 11.7 Å². The van der Waals surface area contributed by atoms with Crippen LogP contribution in [0.4, 0.5) is 10.1 Å². The molecule has 1 aliphatic heterocycles. The topological polar surface area (TPSA) is 55.4 Å². The third-order valence-electron chi connectivity index (χ3n) is 3.03. The Labute approximate surface area is 114 Å². The first-order chi connectivity index (χ1) is 9.66. The second-order valence-corrected chi connectivity index (χ2v) is 4.36. The molecule has 1 heterocycles. The fourth-order valence-corrected chi connectivity index (χ4v) is 2.02. The Hall–Kier alpha value is -2.69. The van der Waals surface area contributed by atoms with Gasteiger partial charge in [0, 0.05) is 0 Å². The van der Waals surface area contributed by atoms with Crippen molar-refractivity contribution in [2.24, 2.45) is 0 Å². The number of halogens is 1. The van der Waals surface area contributed by atoms with E-state index in [9.17, 15) is 14.0 Å². The lowest BCUT2D eigenvalue weighted by molar-refractivity contribution is -0.112. The summed E-state index contributed by atoms with van der Waals surface area (Å²) in [5, 5.41) is 2.30. The second-order valence-electron chi connectivity index (χ2n) is 4.36. The minimum atomic E-state index is -0.873. The summed E-state index contributed by atoms with van der Waals surface area (Å²) >= 11 is 0. The van der Waals surface area contributed by atoms with Crippen LogP contribution >= 0.6 is 0 Å². The smallest absolute Gasteiger partial charge is 0.296 e. The molecule has 100 valence electrons. The van der Waals surface area contributed by atoms with Gasteiger partial charge >= 0.3 is 0 Å². The standard InChI is InChI=1S/C15H10FNO3/c16-13-11(20-8-9-4-2-1-3-5-9)7-6-10-12(13)14(18)15(19)17-10/h1-7H,8H2,(H,17,18,19). The van der Waals surface area contributed by atoms with Gasteiger partial charge in [0.15, 0.2) is 11.6 Å². The molecule has 4 nitrogen and oxygen atoms in total.